The number of carbonyl (C=O) groups excluding carboxylic acids is 2. The Morgan fingerprint density at radius 1 is 1.32 bits per heavy atom. The van der Waals surface area contributed by atoms with Crippen molar-refractivity contribution in [2.75, 3.05) is 42.4 Å². The van der Waals surface area contributed by atoms with Crippen LogP contribution < -0.4 is 20.9 Å². The summed E-state index contributed by atoms with van der Waals surface area (Å²) in [5.41, 5.74) is 7.05. The predicted octanol–water partition coefficient (Wildman–Crippen LogP) is 2.28. The molecule has 2 amide bonds. The second-order valence-electron chi connectivity index (χ2n) is 7.70. The number of ether oxygens (including phenoxy) is 1. The van der Waals surface area contributed by atoms with Gasteiger partial charge in [0.05, 0.1) is 17.4 Å². The lowest BCUT2D eigenvalue weighted by atomic mass is 10.0. The first-order valence-electron chi connectivity index (χ1n) is 9.96. The highest BCUT2D eigenvalue weighted by molar-refractivity contribution is 5.94. The van der Waals surface area contributed by atoms with E-state index < -0.39 is 11.7 Å². The fourth-order valence-electron chi connectivity index (χ4n) is 3.65. The molecule has 0 radical (unpaired) electrons. The highest BCUT2D eigenvalue weighted by atomic mass is 19.1. The third-order valence-corrected chi connectivity index (χ3v) is 5.37. The monoisotopic (exact) mass is 430 g/mol. The van der Waals surface area contributed by atoms with Crippen molar-refractivity contribution in [2.45, 2.75) is 32.7 Å². The molecule has 10 heteroatoms. The Bertz CT molecular complexity index is 992. The van der Waals surface area contributed by atoms with E-state index in [1.54, 1.807) is 24.9 Å². The molecule has 0 aliphatic carbocycles. The first-order valence-corrected chi connectivity index (χ1v) is 9.96. The molecule has 0 spiro atoms. The van der Waals surface area contributed by atoms with Crippen molar-refractivity contribution in [3.63, 3.8) is 0 Å². The smallest absolute Gasteiger partial charge is 0.251 e. The van der Waals surface area contributed by atoms with Gasteiger partial charge < -0.3 is 20.7 Å². The van der Waals surface area contributed by atoms with Gasteiger partial charge in [0.2, 0.25) is 12.4 Å². The molecule has 2 heterocycles. The molecular formula is C21H27FN6O3. The topological polar surface area (TPSA) is 114 Å². The molecule has 1 aliphatic heterocycles. The fourth-order valence-corrected chi connectivity index (χ4v) is 3.65. The van der Waals surface area contributed by atoms with E-state index >= 15 is 0 Å². The van der Waals surface area contributed by atoms with Gasteiger partial charge >= 0.3 is 0 Å². The maximum absolute atomic E-state index is 14.6. The van der Waals surface area contributed by atoms with Gasteiger partial charge in [0.25, 0.3) is 5.91 Å². The molecule has 0 saturated carbocycles. The van der Waals surface area contributed by atoms with E-state index in [9.17, 15) is 14.0 Å². The van der Waals surface area contributed by atoms with Crippen LogP contribution in [0.15, 0.2) is 12.3 Å². The van der Waals surface area contributed by atoms with Crippen LogP contribution in [0.3, 0.4) is 0 Å². The second-order valence-corrected chi connectivity index (χ2v) is 7.70. The van der Waals surface area contributed by atoms with E-state index in [4.69, 9.17) is 10.5 Å². The van der Waals surface area contributed by atoms with Crippen LogP contribution in [0, 0.1) is 19.7 Å². The van der Waals surface area contributed by atoms with Crippen LogP contribution in [-0.4, -0.2) is 55.6 Å². The van der Waals surface area contributed by atoms with Crippen molar-refractivity contribution in [1.29, 1.82) is 0 Å². The zero-order chi connectivity index (χ0) is 22.7. The highest BCUT2D eigenvalue weighted by Gasteiger charge is 2.26. The highest BCUT2D eigenvalue weighted by Crippen LogP contribution is 2.32. The summed E-state index contributed by atoms with van der Waals surface area (Å²) < 4.78 is 20.0. The normalized spacial score (nSPS) is 14.2. The van der Waals surface area contributed by atoms with Crippen LogP contribution in [0.2, 0.25) is 0 Å². The van der Waals surface area contributed by atoms with Crippen LogP contribution >= 0.6 is 0 Å². The van der Waals surface area contributed by atoms with Crippen molar-refractivity contribution in [2.24, 2.45) is 5.73 Å². The number of anilines is 4. The fraction of sp³-hybridized carbons (Fsp3) is 0.429. The first kappa shape index (κ1) is 22.4. The molecule has 3 rings (SSSR count). The van der Waals surface area contributed by atoms with Crippen LogP contribution in [-0.2, 0) is 9.53 Å². The minimum atomic E-state index is -0.831. The van der Waals surface area contributed by atoms with E-state index in [1.807, 2.05) is 19.0 Å². The number of halogens is 1. The average molecular weight is 430 g/mol. The number of aryl methyl sites for hydroxylation is 1. The SMILES string of the molecule is Cc1cc(C(N)=O)c(F)c(C)c1Nc1ncc(N(C)C)c(N(C=O)C2CCOCC2)n1. The largest absolute Gasteiger partial charge is 0.381 e. The van der Waals surface area contributed by atoms with Crippen LogP contribution in [0.1, 0.15) is 34.3 Å². The summed E-state index contributed by atoms with van der Waals surface area (Å²) in [5, 5.41) is 3.04. The molecule has 31 heavy (non-hydrogen) atoms. The molecule has 166 valence electrons. The number of hydrogen-bond acceptors (Lipinski definition) is 7. The molecule has 0 unspecified atom stereocenters. The summed E-state index contributed by atoms with van der Waals surface area (Å²) in [6.45, 7) is 4.43. The molecular weight excluding hydrogens is 403 g/mol. The number of amides is 2. The Labute approximate surface area is 180 Å². The minimum absolute atomic E-state index is 0.0385. The van der Waals surface area contributed by atoms with Crippen LogP contribution in [0.4, 0.5) is 27.5 Å². The van der Waals surface area contributed by atoms with Gasteiger partial charge in [-0.3, -0.25) is 14.5 Å². The Kier molecular flexibility index (Phi) is 6.69. The lowest BCUT2D eigenvalue weighted by Crippen LogP contribution is -2.40. The van der Waals surface area contributed by atoms with E-state index in [2.05, 4.69) is 15.3 Å². The van der Waals surface area contributed by atoms with Crippen LogP contribution in [0.5, 0.6) is 0 Å². The number of aromatic nitrogens is 2. The molecule has 1 saturated heterocycles. The summed E-state index contributed by atoms with van der Waals surface area (Å²) in [4.78, 5) is 35.8. The maximum atomic E-state index is 14.6. The Morgan fingerprint density at radius 3 is 2.58 bits per heavy atom. The zero-order valence-electron chi connectivity index (χ0n) is 18.1. The van der Waals surface area contributed by atoms with Gasteiger partial charge in [0.15, 0.2) is 5.82 Å². The number of nitrogens with zero attached hydrogens (tertiary/aromatic N) is 4. The van der Waals surface area contributed by atoms with Gasteiger partial charge in [-0.2, -0.15) is 4.98 Å². The molecule has 0 bridgehead atoms. The summed E-state index contributed by atoms with van der Waals surface area (Å²) in [5.74, 6) is -0.865. The second kappa shape index (κ2) is 9.25. The molecule has 1 aliphatic rings. The van der Waals surface area contributed by atoms with Crippen molar-refractivity contribution < 1.29 is 18.7 Å². The molecule has 2 aromatic rings. The van der Waals surface area contributed by atoms with Gasteiger partial charge in [0, 0.05) is 44.6 Å². The van der Waals surface area contributed by atoms with Crippen molar-refractivity contribution in [3.8, 4) is 0 Å². The van der Waals surface area contributed by atoms with Crippen molar-refractivity contribution in [3.05, 3.63) is 34.8 Å². The zero-order valence-corrected chi connectivity index (χ0v) is 18.1. The quantitative estimate of drug-likeness (QED) is 0.648. The summed E-state index contributed by atoms with van der Waals surface area (Å²) in [6.07, 6.45) is 3.79. The Balaban J connectivity index is 2.02. The molecule has 9 nitrogen and oxygen atoms in total. The first-order chi connectivity index (χ1) is 14.7. The summed E-state index contributed by atoms with van der Waals surface area (Å²) in [6, 6.07) is 1.35. The molecule has 1 aromatic heterocycles. The van der Waals surface area contributed by atoms with Crippen LogP contribution in [0.25, 0.3) is 0 Å². The van der Waals surface area contributed by atoms with Gasteiger partial charge in [-0.1, -0.05) is 0 Å². The lowest BCUT2D eigenvalue weighted by Gasteiger charge is -2.32. The molecule has 0 atom stereocenters. The summed E-state index contributed by atoms with van der Waals surface area (Å²) in [7, 11) is 3.68. The lowest BCUT2D eigenvalue weighted by molar-refractivity contribution is -0.108. The van der Waals surface area contributed by atoms with Gasteiger partial charge in [0.1, 0.15) is 5.82 Å². The molecule has 3 N–H and O–H groups in total. The average Bonchev–Trinajstić information content (AvgIpc) is 2.75. The van der Waals surface area contributed by atoms with Gasteiger partial charge in [-0.05, 0) is 38.3 Å². The number of nitrogens with two attached hydrogens (primary N) is 1. The number of hydrogen-bond donors (Lipinski definition) is 2. The Hall–Kier alpha value is -3.27. The minimum Gasteiger partial charge on any atom is -0.381 e. The molecule has 1 aromatic carbocycles. The number of rotatable bonds is 7. The van der Waals surface area contributed by atoms with E-state index in [0.717, 1.165) is 6.41 Å². The maximum Gasteiger partial charge on any atom is 0.251 e. The van der Waals surface area contributed by atoms with E-state index in [1.165, 1.54) is 6.07 Å². The Morgan fingerprint density at radius 2 is 2.00 bits per heavy atom. The third-order valence-electron chi connectivity index (χ3n) is 5.37. The van der Waals surface area contributed by atoms with E-state index in [-0.39, 0.29) is 23.1 Å². The number of nitrogens with one attached hydrogen (secondary N) is 1. The van der Waals surface area contributed by atoms with E-state index in [0.29, 0.717) is 48.8 Å². The predicted molar refractivity (Wildman–Crippen MR) is 116 cm³/mol. The summed E-state index contributed by atoms with van der Waals surface area (Å²) >= 11 is 0. The standard InChI is InChI=1S/C21H27FN6O3/c1-12-9-15(19(23)30)17(22)13(2)18(12)25-21-24-10-16(27(3)4)20(26-21)28(11-29)14-5-7-31-8-6-14/h9-11,14H,5-8H2,1-4H3,(H2,23,30)(H,24,25,26). The number of primary amides is 1. The molecule has 1 fully saturated rings. The number of carbonyl (C=O) groups is 2. The van der Waals surface area contributed by atoms with Gasteiger partial charge in [-0.15, -0.1) is 0 Å². The van der Waals surface area contributed by atoms with Crippen molar-refractivity contribution >= 4 is 35.5 Å². The third kappa shape index (κ3) is 4.58. The van der Waals surface area contributed by atoms with Crippen molar-refractivity contribution in [1.82, 2.24) is 9.97 Å². The van der Waals surface area contributed by atoms with Gasteiger partial charge in [-0.25, -0.2) is 9.37 Å². The number of benzene rings is 1.